The molecule has 8 nitrogen and oxygen atoms in total. The lowest BCUT2D eigenvalue weighted by Crippen LogP contribution is -2.28. The number of ether oxygens (including phenoxy) is 2. The molecule has 0 bridgehead atoms. The van der Waals surface area contributed by atoms with Crippen LogP contribution >= 0.6 is 23.4 Å². The molecule has 0 aromatic heterocycles. The highest BCUT2D eigenvalue weighted by atomic mass is 35.5. The molecule has 0 aliphatic carbocycles. The molecule has 202 valence electrons. The maximum atomic E-state index is 14.2. The summed E-state index contributed by atoms with van der Waals surface area (Å²) in [6, 6.07) is 9.99. The summed E-state index contributed by atoms with van der Waals surface area (Å²) >= 11 is 6.64. The molecular weight excluding hydrogens is 568 g/mol. The maximum Gasteiger partial charge on any atom is 0.416 e. The Morgan fingerprint density at radius 2 is 1.79 bits per heavy atom. The van der Waals surface area contributed by atoms with Gasteiger partial charge >= 0.3 is 11.9 Å². The summed E-state index contributed by atoms with van der Waals surface area (Å²) in [5, 5.41) is 10.8. The van der Waals surface area contributed by atoms with Gasteiger partial charge in [0, 0.05) is 16.7 Å². The number of carbonyl (C=O) groups excluding carboxylic acids is 2. The Hall–Kier alpha value is -4.10. The van der Waals surface area contributed by atoms with Gasteiger partial charge in [0.1, 0.15) is 5.82 Å². The first kappa shape index (κ1) is 27.9. The monoisotopic (exact) mass is 582 g/mol. The molecule has 1 heterocycles. The molecular formula is C25H15ClF4N2O6S. The minimum absolute atomic E-state index is 0.0109. The van der Waals surface area contributed by atoms with Crippen LogP contribution in [0.2, 0.25) is 5.02 Å². The SMILES string of the molecule is COc1cc(/C=C2/SC(=O)N(Cc3c(F)cccc3Cl)C2=O)ccc1Oc1ccc(C(F)(F)F)cc1[N+](=O)[O-]. The first-order valence-corrected chi connectivity index (χ1v) is 12.0. The Labute approximate surface area is 226 Å². The van der Waals surface area contributed by atoms with Crippen LogP contribution in [0.15, 0.2) is 59.5 Å². The van der Waals surface area contributed by atoms with E-state index < -0.39 is 45.1 Å². The van der Waals surface area contributed by atoms with Crippen molar-refractivity contribution >= 4 is 46.3 Å². The van der Waals surface area contributed by atoms with Gasteiger partial charge in [-0.2, -0.15) is 13.2 Å². The summed E-state index contributed by atoms with van der Waals surface area (Å²) in [6.07, 6.45) is -3.41. The molecule has 1 fully saturated rings. The fourth-order valence-corrected chi connectivity index (χ4v) is 4.59. The molecule has 3 aromatic rings. The molecule has 2 amide bonds. The number of methoxy groups -OCH3 is 1. The van der Waals surface area contributed by atoms with Gasteiger partial charge in [-0.25, -0.2) is 4.39 Å². The fourth-order valence-electron chi connectivity index (χ4n) is 3.53. The van der Waals surface area contributed by atoms with E-state index in [9.17, 15) is 37.3 Å². The number of thioether (sulfide) groups is 1. The Bertz CT molecular complexity index is 1510. The molecule has 1 saturated heterocycles. The number of halogens is 5. The van der Waals surface area contributed by atoms with E-state index in [0.717, 1.165) is 17.0 Å². The van der Waals surface area contributed by atoms with Crippen molar-refractivity contribution < 1.29 is 41.5 Å². The Morgan fingerprint density at radius 1 is 1.08 bits per heavy atom. The highest BCUT2D eigenvalue weighted by molar-refractivity contribution is 8.18. The van der Waals surface area contributed by atoms with Gasteiger partial charge in [0.25, 0.3) is 11.1 Å². The summed E-state index contributed by atoms with van der Waals surface area (Å²) in [5.74, 6) is -1.81. The predicted octanol–water partition coefficient (Wildman–Crippen LogP) is 7.44. The third kappa shape index (κ3) is 5.99. The molecule has 1 aliphatic rings. The van der Waals surface area contributed by atoms with Gasteiger partial charge in [-0.1, -0.05) is 23.7 Å². The molecule has 3 aromatic carbocycles. The predicted molar refractivity (Wildman–Crippen MR) is 134 cm³/mol. The Balaban J connectivity index is 1.59. The van der Waals surface area contributed by atoms with E-state index in [1.165, 1.54) is 43.5 Å². The van der Waals surface area contributed by atoms with E-state index in [-0.39, 0.29) is 33.5 Å². The van der Waals surface area contributed by atoms with Crippen LogP contribution in [-0.4, -0.2) is 28.1 Å². The third-order valence-electron chi connectivity index (χ3n) is 5.44. The topological polar surface area (TPSA) is 99.0 Å². The number of amides is 2. The molecule has 0 spiro atoms. The van der Waals surface area contributed by atoms with E-state index in [1.54, 1.807) is 0 Å². The van der Waals surface area contributed by atoms with E-state index >= 15 is 0 Å². The van der Waals surface area contributed by atoms with E-state index in [4.69, 9.17) is 21.1 Å². The zero-order valence-electron chi connectivity index (χ0n) is 19.6. The minimum Gasteiger partial charge on any atom is -0.493 e. The smallest absolute Gasteiger partial charge is 0.416 e. The Morgan fingerprint density at radius 3 is 2.44 bits per heavy atom. The van der Waals surface area contributed by atoms with E-state index in [1.807, 2.05) is 0 Å². The number of alkyl halides is 3. The van der Waals surface area contributed by atoms with Crippen LogP contribution in [0.1, 0.15) is 16.7 Å². The second-order valence-corrected chi connectivity index (χ2v) is 9.32. The number of nitro groups is 1. The summed E-state index contributed by atoms with van der Waals surface area (Å²) in [5.41, 5.74) is -1.76. The van der Waals surface area contributed by atoms with Gasteiger partial charge in [-0.05, 0) is 59.8 Å². The number of hydrogen-bond donors (Lipinski definition) is 0. The molecule has 39 heavy (non-hydrogen) atoms. The highest BCUT2D eigenvalue weighted by Crippen LogP contribution is 2.41. The number of nitrogens with zero attached hydrogens (tertiary/aromatic N) is 2. The van der Waals surface area contributed by atoms with Crippen molar-refractivity contribution in [3.63, 3.8) is 0 Å². The molecule has 0 radical (unpaired) electrons. The van der Waals surface area contributed by atoms with Crippen molar-refractivity contribution in [2.75, 3.05) is 7.11 Å². The lowest BCUT2D eigenvalue weighted by Gasteiger charge is -2.14. The highest BCUT2D eigenvalue weighted by Gasteiger charge is 2.36. The van der Waals surface area contributed by atoms with Crippen molar-refractivity contribution in [3.05, 3.63) is 97.1 Å². The van der Waals surface area contributed by atoms with Gasteiger partial charge < -0.3 is 9.47 Å². The lowest BCUT2D eigenvalue weighted by atomic mass is 10.1. The zero-order chi connectivity index (χ0) is 28.5. The standard InChI is InChI=1S/C25H15ClF4N2O6S/c1-37-21-9-13(5-7-20(21)38-19-8-6-14(25(28,29)30)11-18(19)32(35)36)10-22-23(33)31(24(34)39-22)12-15-16(26)3-2-4-17(15)27/h2-11H,12H2,1H3/b22-10+. The third-order valence-corrected chi connectivity index (χ3v) is 6.70. The largest absolute Gasteiger partial charge is 0.493 e. The summed E-state index contributed by atoms with van der Waals surface area (Å²) in [7, 11) is 1.26. The van der Waals surface area contributed by atoms with Gasteiger partial charge in [0.2, 0.25) is 5.75 Å². The summed E-state index contributed by atoms with van der Waals surface area (Å²) in [4.78, 5) is 36.5. The zero-order valence-corrected chi connectivity index (χ0v) is 21.2. The van der Waals surface area contributed by atoms with Crippen LogP contribution in [0.25, 0.3) is 6.08 Å². The van der Waals surface area contributed by atoms with Crippen LogP contribution < -0.4 is 9.47 Å². The van der Waals surface area contributed by atoms with Crippen molar-refractivity contribution in [3.8, 4) is 17.2 Å². The number of benzene rings is 3. The average molecular weight is 583 g/mol. The second-order valence-electron chi connectivity index (χ2n) is 7.92. The van der Waals surface area contributed by atoms with E-state index in [2.05, 4.69) is 0 Å². The molecule has 14 heteroatoms. The van der Waals surface area contributed by atoms with Gasteiger partial charge in [-0.3, -0.25) is 24.6 Å². The van der Waals surface area contributed by atoms with Gasteiger partial charge in [0.15, 0.2) is 11.5 Å². The number of imide groups is 1. The summed E-state index contributed by atoms with van der Waals surface area (Å²) < 4.78 is 63.8. The van der Waals surface area contributed by atoms with Crippen LogP contribution in [0.3, 0.4) is 0 Å². The molecule has 0 atom stereocenters. The van der Waals surface area contributed by atoms with Crippen LogP contribution in [-0.2, 0) is 17.5 Å². The number of nitro benzene ring substituents is 1. The van der Waals surface area contributed by atoms with Crippen LogP contribution in [0, 0.1) is 15.9 Å². The van der Waals surface area contributed by atoms with Gasteiger partial charge in [0.05, 0.1) is 29.0 Å². The van der Waals surface area contributed by atoms with Crippen molar-refractivity contribution in [2.45, 2.75) is 12.7 Å². The van der Waals surface area contributed by atoms with E-state index in [0.29, 0.717) is 29.5 Å². The molecule has 0 unspecified atom stereocenters. The number of hydrogen-bond acceptors (Lipinski definition) is 7. The minimum atomic E-state index is -4.79. The normalized spacial score (nSPS) is 14.7. The van der Waals surface area contributed by atoms with Crippen LogP contribution in [0.5, 0.6) is 17.2 Å². The summed E-state index contributed by atoms with van der Waals surface area (Å²) in [6.45, 7) is -0.366. The first-order chi connectivity index (χ1) is 18.4. The molecule has 0 saturated carbocycles. The lowest BCUT2D eigenvalue weighted by molar-refractivity contribution is -0.385. The first-order valence-electron chi connectivity index (χ1n) is 10.8. The average Bonchev–Trinajstić information content (AvgIpc) is 3.13. The maximum absolute atomic E-state index is 14.2. The fraction of sp³-hybridized carbons (Fsp3) is 0.120. The second kappa shape index (κ2) is 10.9. The van der Waals surface area contributed by atoms with Crippen molar-refractivity contribution in [1.82, 2.24) is 4.90 Å². The quantitative estimate of drug-likeness (QED) is 0.123. The molecule has 0 N–H and O–H groups in total. The number of rotatable bonds is 7. The molecule has 4 rings (SSSR count). The Kier molecular flexibility index (Phi) is 7.84. The van der Waals surface area contributed by atoms with Crippen molar-refractivity contribution in [2.24, 2.45) is 0 Å². The van der Waals surface area contributed by atoms with Crippen LogP contribution in [0.4, 0.5) is 28.0 Å². The molecule has 1 aliphatic heterocycles. The van der Waals surface area contributed by atoms with Crippen molar-refractivity contribution in [1.29, 1.82) is 0 Å². The number of carbonyl (C=O) groups is 2. The van der Waals surface area contributed by atoms with Gasteiger partial charge in [-0.15, -0.1) is 0 Å².